The molecule has 5 rings (SSSR count). The number of hydrogen-bond acceptors (Lipinski definition) is 5. The molecule has 1 saturated heterocycles. The maximum absolute atomic E-state index is 15.0. The van der Waals surface area contributed by atoms with Crippen molar-refractivity contribution in [1.29, 1.82) is 0 Å². The molecule has 0 unspecified atom stereocenters. The molecule has 1 fully saturated rings. The summed E-state index contributed by atoms with van der Waals surface area (Å²) in [5, 5.41) is 4.43. The first-order valence-electron chi connectivity index (χ1n) is 10.0. The quantitative estimate of drug-likeness (QED) is 0.774. The third-order valence-corrected chi connectivity index (χ3v) is 6.18. The third-order valence-electron chi connectivity index (χ3n) is 6.18. The van der Waals surface area contributed by atoms with Gasteiger partial charge in [-0.3, -0.25) is 14.4 Å². The van der Waals surface area contributed by atoms with E-state index in [1.165, 1.54) is 6.07 Å². The number of ether oxygens (including phenoxy) is 1. The van der Waals surface area contributed by atoms with E-state index in [0.29, 0.717) is 50.1 Å². The minimum absolute atomic E-state index is 0.158. The van der Waals surface area contributed by atoms with E-state index in [4.69, 9.17) is 4.74 Å². The molecule has 1 aromatic carbocycles. The highest BCUT2D eigenvalue weighted by molar-refractivity contribution is 5.94. The first-order chi connectivity index (χ1) is 13.9. The van der Waals surface area contributed by atoms with E-state index in [0.717, 1.165) is 16.8 Å². The molecule has 8 heteroatoms. The second-order valence-electron chi connectivity index (χ2n) is 8.06. The Hall–Kier alpha value is -2.90. The summed E-state index contributed by atoms with van der Waals surface area (Å²) in [5.74, 6) is -0.192. The summed E-state index contributed by atoms with van der Waals surface area (Å²) in [6.45, 7) is 3.02. The zero-order valence-electron chi connectivity index (χ0n) is 16.5. The standard InChI is InChI=1S/C21H23FN4O3/c1-3-14(27)4-5-20-19-7-12-6-18(15(22)8-17(12)26(19)21(28)29-20)25-10-13-9-24(2)23-16(13)11-25/h6,8-9,19-20H,3-5,7,10-11H2,1-2H3/t19-,20-/m0/s1. The number of benzene rings is 1. The van der Waals surface area contributed by atoms with Crippen LogP contribution < -0.4 is 9.80 Å². The molecular formula is C21H23FN4O3. The van der Waals surface area contributed by atoms with Gasteiger partial charge in [-0.05, 0) is 24.5 Å². The van der Waals surface area contributed by atoms with Crippen LogP contribution >= 0.6 is 0 Å². The van der Waals surface area contributed by atoms with Crippen molar-refractivity contribution in [2.45, 2.75) is 57.8 Å². The Morgan fingerprint density at radius 3 is 2.86 bits per heavy atom. The van der Waals surface area contributed by atoms with E-state index in [2.05, 4.69) is 5.10 Å². The molecule has 0 spiro atoms. The fraction of sp³-hybridized carbons (Fsp3) is 0.476. The predicted molar refractivity (Wildman–Crippen MR) is 104 cm³/mol. The number of aromatic nitrogens is 2. The van der Waals surface area contributed by atoms with Gasteiger partial charge in [0.05, 0.1) is 29.7 Å². The number of carbonyl (C=O) groups is 2. The highest BCUT2D eigenvalue weighted by atomic mass is 19.1. The number of amides is 1. The van der Waals surface area contributed by atoms with Gasteiger partial charge < -0.3 is 9.64 Å². The zero-order chi connectivity index (χ0) is 20.3. The lowest BCUT2D eigenvalue weighted by Gasteiger charge is -2.20. The van der Waals surface area contributed by atoms with Crippen LogP contribution in [0, 0.1) is 5.82 Å². The number of anilines is 2. The van der Waals surface area contributed by atoms with Gasteiger partial charge in [0.2, 0.25) is 0 Å². The molecule has 29 heavy (non-hydrogen) atoms. The Kier molecular flexibility index (Phi) is 4.11. The maximum Gasteiger partial charge on any atom is 0.415 e. The highest BCUT2D eigenvalue weighted by Crippen LogP contribution is 2.43. The molecule has 2 atom stereocenters. The lowest BCUT2D eigenvalue weighted by molar-refractivity contribution is -0.119. The molecule has 4 heterocycles. The summed E-state index contributed by atoms with van der Waals surface area (Å²) in [4.78, 5) is 27.6. The van der Waals surface area contributed by atoms with Crippen LogP contribution in [-0.4, -0.2) is 33.8 Å². The lowest BCUT2D eigenvalue weighted by atomic mass is 10.00. The van der Waals surface area contributed by atoms with Gasteiger partial charge in [-0.1, -0.05) is 6.92 Å². The minimum Gasteiger partial charge on any atom is -0.444 e. The molecule has 7 nitrogen and oxygen atoms in total. The number of ketones is 1. The Balaban J connectivity index is 1.38. The highest BCUT2D eigenvalue weighted by Gasteiger charge is 2.47. The van der Waals surface area contributed by atoms with Gasteiger partial charge in [0, 0.05) is 44.3 Å². The largest absolute Gasteiger partial charge is 0.444 e. The number of halogens is 1. The molecule has 0 bridgehead atoms. The summed E-state index contributed by atoms with van der Waals surface area (Å²) in [6.07, 6.45) is 3.18. The van der Waals surface area contributed by atoms with Crippen LogP contribution in [0.2, 0.25) is 0 Å². The minimum atomic E-state index is -0.451. The van der Waals surface area contributed by atoms with Crippen molar-refractivity contribution in [3.63, 3.8) is 0 Å². The summed E-state index contributed by atoms with van der Waals surface area (Å²) in [5.41, 5.74) is 4.15. The molecule has 0 aliphatic carbocycles. The van der Waals surface area contributed by atoms with Gasteiger partial charge in [-0.15, -0.1) is 0 Å². The van der Waals surface area contributed by atoms with Crippen molar-refractivity contribution in [3.8, 4) is 0 Å². The molecular weight excluding hydrogens is 375 g/mol. The van der Waals surface area contributed by atoms with Crippen molar-refractivity contribution >= 4 is 23.3 Å². The number of fused-ring (bicyclic) bond motifs is 4. The molecule has 1 amide bonds. The second kappa shape index (κ2) is 6.57. The van der Waals surface area contributed by atoms with Crippen molar-refractivity contribution < 1.29 is 18.7 Å². The number of nitrogens with zero attached hydrogens (tertiary/aromatic N) is 4. The van der Waals surface area contributed by atoms with Crippen LogP contribution in [0.4, 0.5) is 20.6 Å². The van der Waals surface area contributed by atoms with Crippen molar-refractivity contribution in [1.82, 2.24) is 9.78 Å². The fourth-order valence-electron chi connectivity index (χ4n) is 4.71. The summed E-state index contributed by atoms with van der Waals surface area (Å²) < 4.78 is 22.3. The van der Waals surface area contributed by atoms with Gasteiger partial charge in [0.15, 0.2) is 0 Å². The van der Waals surface area contributed by atoms with E-state index in [9.17, 15) is 14.0 Å². The summed E-state index contributed by atoms with van der Waals surface area (Å²) >= 11 is 0. The van der Waals surface area contributed by atoms with Gasteiger partial charge >= 0.3 is 6.09 Å². The van der Waals surface area contributed by atoms with Gasteiger partial charge in [-0.2, -0.15) is 5.10 Å². The number of cyclic esters (lactones) is 1. The van der Waals surface area contributed by atoms with Crippen molar-refractivity contribution in [3.05, 3.63) is 41.0 Å². The van der Waals surface area contributed by atoms with E-state index in [1.54, 1.807) is 9.58 Å². The van der Waals surface area contributed by atoms with Crippen molar-refractivity contribution in [2.24, 2.45) is 7.05 Å². The van der Waals surface area contributed by atoms with Crippen molar-refractivity contribution in [2.75, 3.05) is 9.80 Å². The van der Waals surface area contributed by atoms with Crippen LogP contribution in [0.15, 0.2) is 18.3 Å². The van der Waals surface area contributed by atoms with Crippen LogP contribution in [0.25, 0.3) is 0 Å². The monoisotopic (exact) mass is 398 g/mol. The molecule has 0 saturated carbocycles. The first-order valence-corrected chi connectivity index (χ1v) is 10.0. The molecule has 3 aliphatic heterocycles. The van der Waals surface area contributed by atoms with Crippen LogP contribution in [0.3, 0.4) is 0 Å². The number of aryl methyl sites for hydroxylation is 1. The Bertz CT molecular complexity index is 994. The first kappa shape index (κ1) is 18.1. The lowest BCUT2D eigenvalue weighted by Crippen LogP contribution is -2.33. The average molecular weight is 398 g/mol. The summed E-state index contributed by atoms with van der Waals surface area (Å²) in [6, 6.07) is 3.13. The van der Waals surface area contributed by atoms with E-state index in [-0.39, 0.29) is 23.7 Å². The number of hydrogen-bond donors (Lipinski definition) is 0. The van der Waals surface area contributed by atoms with Crippen LogP contribution in [0.1, 0.15) is 43.0 Å². The van der Waals surface area contributed by atoms with E-state index < -0.39 is 6.09 Å². The smallest absolute Gasteiger partial charge is 0.415 e. The molecule has 1 aromatic heterocycles. The number of Topliss-reactive ketones (excluding diaryl/α,β-unsaturated/α-hetero) is 1. The third kappa shape index (κ3) is 2.89. The zero-order valence-corrected chi connectivity index (χ0v) is 16.5. The predicted octanol–water partition coefficient (Wildman–Crippen LogP) is 3.09. The molecule has 2 aromatic rings. The molecule has 3 aliphatic rings. The normalized spacial score (nSPS) is 22.0. The van der Waals surface area contributed by atoms with Gasteiger partial charge in [-0.25, -0.2) is 9.18 Å². The Morgan fingerprint density at radius 1 is 1.28 bits per heavy atom. The molecule has 0 radical (unpaired) electrons. The molecule has 0 N–H and O–H groups in total. The van der Waals surface area contributed by atoms with E-state index in [1.807, 2.05) is 31.1 Å². The fourth-order valence-corrected chi connectivity index (χ4v) is 4.71. The second-order valence-corrected chi connectivity index (χ2v) is 8.06. The topological polar surface area (TPSA) is 67.7 Å². The summed E-state index contributed by atoms with van der Waals surface area (Å²) in [7, 11) is 1.88. The van der Waals surface area contributed by atoms with Crippen LogP contribution in [-0.2, 0) is 36.1 Å². The Morgan fingerprint density at radius 2 is 2.10 bits per heavy atom. The molecule has 152 valence electrons. The SMILES string of the molecule is CCC(=O)CC[C@@H]1OC(=O)N2c3cc(F)c(N4Cc5cn(C)nc5C4)cc3C[C@@H]12. The number of rotatable bonds is 5. The van der Waals surface area contributed by atoms with Gasteiger partial charge in [0.25, 0.3) is 0 Å². The van der Waals surface area contributed by atoms with Crippen LogP contribution in [0.5, 0.6) is 0 Å². The number of carbonyl (C=O) groups excluding carboxylic acids is 2. The van der Waals surface area contributed by atoms with E-state index >= 15 is 0 Å². The Labute approximate surface area is 168 Å². The van der Waals surface area contributed by atoms with Gasteiger partial charge in [0.1, 0.15) is 17.7 Å². The average Bonchev–Trinajstić information content (AvgIpc) is 3.39. The maximum atomic E-state index is 15.0.